The van der Waals surface area contributed by atoms with Crippen molar-refractivity contribution < 1.29 is 4.79 Å². The maximum Gasteiger partial charge on any atom is 0.240 e. The second-order valence-electron chi connectivity index (χ2n) is 1.92. The first-order valence-electron chi connectivity index (χ1n) is 3.17. The van der Waals surface area contributed by atoms with E-state index >= 15 is 0 Å². The number of hydrogen-bond acceptors (Lipinski definition) is 4. The first-order valence-corrected chi connectivity index (χ1v) is 4.05. The molecule has 1 amide bonds. The summed E-state index contributed by atoms with van der Waals surface area (Å²) in [6, 6.07) is 0. The Balaban J connectivity index is 2.37. The zero-order chi connectivity index (χ0) is 8.10. The summed E-state index contributed by atoms with van der Waals surface area (Å²) >= 11 is 1.41. The number of likely N-dealkylation sites (N-methyl/N-ethyl adjacent to an activating group) is 1. The molecule has 0 unspecified atom stereocenters. The monoisotopic (exact) mass is 171 g/mol. The molecule has 0 atom stereocenters. The summed E-state index contributed by atoms with van der Waals surface area (Å²) in [5.74, 6) is -0.0672. The van der Waals surface area contributed by atoms with Gasteiger partial charge in [-0.2, -0.15) is 0 Å². The van der Waals surface area contributed by atoms with Gasteiger partial charge in [-0.15, -0.1) is 11.3 Å². The molecule has 11 heavy (non-hydrogen) atoms. The molecule has 4 nitrogen and oxygen atoms in total. The molecule has 2 N–H and O–H groups in total. The van der Waals surface area contributed by atoms with Crippen LogP contribution in [0.3, 0.4) is 0 Å². The third kappa shape index (κ3) is 2.65. The van der Waals surface area contributed by atoms with Crippen LogP contribution in [0.4, 0.5) is 5.13 Å². The Labute approximate surface area is 68.6 Å². The highest BCUT2D eigenvalue weighted by molar-refractivity contribution is 7.13. The van der Waals surface area contributed by atoms with E-state index in [1.807, 2.05) is 5.38 Å². The predicted octanol–water partition coefficient (Wildman–Crippen LogP) is 0.301. The van der Waals surface area contributed by atoms with Crippen LogP contribution in [-0.2, 0) is 4.79 Å². The Morgan fingerprint density at radius 3 is 3.18 bits per heavy atom. The van der Waals surface area contributed by atoms with E-state index in [-0.39, 0.29) is 5.91 Å². The molecular formula is C6H9N3OS. The van der Waals surface area contributed by atoms with Crippen LogP contribution in [0.1, 0.15) is 0 Å². The van der Waals surface area contributed by atoms with Crippen molar-refractivity contribution in [1.82, 2.24) is 10.3 Å². The lowest BCUT2D eigenvalue weighted by Crippen LogP contribution is -2.24. The van der Waals surface area contributed by atoms with Gasteiger partial charge in [-0.05, 0) is 7.05 Å². The first-order chi connectivity index (χ1) is 5.33. The number of amides is 1. The largest absolute Gasteiger partial charge is 0.311 e. The van der Waals surface area contributed by atoms with Crippen molar-refractivity contribution in [2.45, 2.75) is 0 Å². The normalized spacial score (nSPS) is 9.55. The molecule has 0 aromatic carbocycles. The smallest absolute Gasteiger partial charge is 0.240 e. The molecule has 0 aliphatic rings. The highest BCUT2D eigenvalue weighted by atomic mass is 32.1. The van der Waals surface area contributed by atoms with Crippen molar-refractivity contribution in [1.29, 1.82) is 0 Å². The Bertz CT molecular complexity index is 222. The van der Waals surface area contributed by atoms with Crippen LogP contribution >= 0.6 is 11.3 Å². The number of anilines is 1. The van der Waals surface area contributed by atoms with Gasteiger partial charge in [-0.1, -0.05) is 0 Å². The molecule has 1 aromatic heterocycles. The maximum absolute atomic E-state index is 10.9. The number of thiazole rings is 1. The second-order valence-corrected chi connectivity index (χ2v) is 2.81. The highest BCUT2D eigenvalue weighted by Crippen LogP contribution is 2.09. The minimum absolute atomic E-state index is 0.0672. The number of hydrogen-bond donors (Lipinski definition) is 2. The van der Waals surface area contributed by atoms with Gasteiger partial charge < -0.3 is 10.6 Å². The Hall–Kier alpha value is -0.940. The van der Waals surface area contributed by atoms with Crippen LogP contribution in [0.15, 0.2) is 11.6 Å². The number of carbonyl (C=O) groups excluding carboxylic acids is 1. The van der Waals surface area contributed by atoms with Crippen molar-refractivity contribution in [3.05, 3.63) is 11.6 Å². The van der Waals surface area contributed by atoms with Gasteiger partial charge in [0.25, 0.3) is 0 Å². The van der Waals surface area contributed by atoms with E-state index in [2.05, 4.69) is 15.6 Å². The van der Waals surface area contributed by atoms with E-state index in [9.17, 15) is 4.79 Å². The first kappa shape index (κ1) is 8.16. The molecule has 0 saturated heterocycles. The van der Waals surface area contributed by atoms with E-state index < -0.39 is 0 Å². The van der Waals surface area contributed by atoms with Gasteiger partial charge in [0.1, 0.15) is 0 Å². The summed E-state index contributed by atoms with van der Waals surface area (Å²) in [7, 11) is 1.72. The summed E-state index contributed by atoms with van der Waals surface area (Å²) in [5, 5.41) is 7.83. The molecular weight excluding hydrogens is 162 g/mol. The van der Waals surface area contributed by atoms with Gasteiger partial charge in [-0.25, -0.2) is 4.98 Å². The molecule has 5 heteroatoms. The summed E-state index contributed by atoms with van der Waals surface area (Å²) in [6.07, 6.45) is 1.65. The topological polar surface area (TPSA) is 54.0 Å². The molecule has 60 valence electrons. The van der Waals surface area contributed by atoms with Gasteiger partial charge in [-0.3, -0.25) is 4.79 Å². The molecule has 0 saturated carbocycles. The predicted molar refractivity (Wildman–Crippen MR) is 44.7 cm³/mol. The lowest BCUT2D eigenvalue weighted by Gasteiger charge is -1.98. The SMILES string of the molecule is CNCC(=O)Nc1nccs1. The molecule has 0 aliphatic carbocycles. The van der Waals surface area contributed by atoms with E-state index in [1.165, 1.54) is 11.3 Å². The van der Waals surface area contributed by atoms with Gasteiger partial charge >= 0.3 is 0 Å². The van der Waals surface area contributed by atoms with Crippen molar-refractivity contribution in [3.63, 3.8) is 0 Å². The van der Waals surface area contributed by atoms with Crippen molar-refractivity contribution >= 4 is 22.4 Å². The van der Waals surface area contributed by atoms with Gasteiger partial charge in [0.15, 0.2) is 5.13 Å². The summed E-state index contributed by atoms with van der Waals surface area (Å²) in [6.45, 7) is 0.319. The number of rotatable bonds is 3. The van der Waals surface area contributed by atoms with Crippen molar-refractivity contribution in [3.8, 4) is 0 Å². The van der Waals surface area contributed by atoms with Crippen LogP contribution < -0.4 is 10.6 Å². The molecule has 0 bridgehead atoms. The van der Waals surface area contributed by atoms with Crippen LogP contribution in [-0.4, -0.2) is 24.5 Å². The van der Waals surface area contributed by atoms with Gasteiger partial charge in [0.05, 0.1) is 6.54 Å². The van der Waals surface area contributed by atoms with Gasteiger partial charge in [0.2, 0.25) is 5.91 Å². The minimum Gasteiger partial charge on any atom is -0.311 e. The van der Waals surface area contributed by atoms with Gasteiger partial charge in [0, 0.05) is 11.6 Å². The lowest BCUT2D eigenvalue weighted by molar-refractivity contribution is -0.115. The third-order valence-electron chi connectivity index (χ3n) is 1.02. The fourth-order valence-corrected chi connectivity index (χ4v) is 1.15. The van der Waals surface area contributed by atoms with Crippen LogP contribution in [0.2, 0.25) is 0 Å². The highest BCUT2D eigenvalue weighted by Gasteiger charge is 2.00. The molecule has 0 spiro atoms. The molecule has 1 rings (SSSR count). The van der Waals surface area contributed by atoms with E-state index in [0.29, 0.717) is 11.7 Å². The van der Waals surface area contributed by atoms with Crippen LogP contribution in [0, 0.1) is 0 Å². The van der Waals surface area contributed by atoms with Crippen molar-refractivity contribution in [2.75, 3.05) is 18.9 Å². The second kappa shape index (κ2) is 4.05. The summed E-state index contributed by atoms with van der Waals surface area (Å²) < 4.78 is 0. The van der Waals surface area contributed by atoms with E-state index in [4.69, 9.17) is 0 Å². The van der Waals surface area contributed by atoms with Crippen molar-refractivity contribution in [2.24, 2.45) is 0 Å². The summed E-state index contributed by atoms with van der Waals surface area (Å²) in [5.41, 5.74) is 0. The van der Waals surface area contributed by atoms with E-state index in [1.54, 1.807) is 13.2 Å². The zero-order valence-corrected chi connectivity index (χ0v) is 6.94. The fourth-order valence-electron chi connectivity index (χ4n) is 0.609. The van der Waals surface area contributed by atoms with E-state index in [0.717, 1.165) is 0 Å². The molecule has 0 fully saturated rings. The molecule has 1 aromatic rings. The molecule has 1 heterocycles. The number of nitrogens with one attached hydrogen (secondary N) is 2. The lowest BCUT2D eigenvalue weighted by atomic mass is 10.6. The minimum atomic E-state index is -0.0672. The Kier molecular flexibility index (Phi) is 3.00. The average molecular weight is 171 g/mol. The summed E-state index contributed by atoms with van der Waals surface area (Å²) in [4.78, 5) is 14.8. The quantitative estimate of drug-likeness (QED) is 0.687. The van der Waals surface area contributed by atoms with Crippen LogP contribution in [0.5, 0.6) is 0 Å². The third-order valence-corrected chi connectivity index (χ3v) is 1.70. The molecule has 0 radical (unpaired) electrons. The average Bonchev–Trinajstić information content (AvgIpc) is 2.40. The number of aromatic nitrogens is 1. The maximum atomic E-state index is 10.9. The standard InChI is InChI=1S/C6H9N3OS/c1-7-4-5(10)9-6-8-2-3-11-6/h2-3,7H,4H2,1H3,(H,8,9,10). The number of carbonyl (C=O) groups is 1. The zero-order valence-electron chi connectivity index (χ0n) is 6.13. The number of nitrogens with zero attached hydrogens (tertiary/aromatic N) is 1. The Morgan fingerprint density at radius 1 is 1.82 bits per heavy atom. The Morgan fingerprint density at radius 2 is 2.64 bits per heavy atom. The fraction of sp³-hybridized carbons (Fsp3) is 0.333. The van der Waals surface area contributed by atoms with Crippen LogP contribution in [0.25, 0.3) is 0 Å². The molecule has 0 aliphatic heterocycles.